The van der Waals surface area contributed by atoms with Gasteiger partial charge in [0.1, 0.15) is 11.8 Å². The smallest absolute Gasteiger partial charge is 0.244 e. The van der Waals surface area contributed by atoms with E-state index in [-0.39, 0.29) is 24.1 Å². The largest absolute Gasteiger partial charge is 0.495 e. The Morgan fingerprint density at radius 1 is 1.13 bits per heavy atom. The average Bonchev–Trinajstić information content (AvgIpc) is 2.67. The van der Waals surface area contributed by atoms with E-state index in [0.717, 1.165) is 27.3 Å². The van der Waals surface area contributed by atoms with Crippen molar-refractivity contribution >= 4 is 33.2 Å². The van der Waals surface area contributed by atoms with Crippen molar-refractivity contribution in [2.45, 2.75) is 53.1 Å². The number of sulfonamides is 1. The fourth-order valence-electron chi connectivity index (χ4n) is 3.71. The normalized spacial score (nSPS) is 13.4. The average molecular weight is 467 g/mol. The predicted molar refractivity (Wildman–Crippen MR) is 127 cm³/mol. The molecule has 31 heavy (non-hydrogen) atoms. The summed E-state index contributed by atoms with van der Waals surface area (Å²) in [5.74, 6) is -0.0702. The van der Waals surface area contributed by atoms with Gasteiger partial charge in [-0.2, -0.15) is 0 Å². The standard InChI is InChI=1S/C23H31ClN2O4S/c1-8-20(23(27)25-17(5)19-12-15(3)14(2)11-16(19)4)26(31(7,28)29)21-13-18(24)9-10-22(21)30-6/h9-13,17,20H,8H2,1-7H3,(H,25,27)/t17-,20+/m0/s1. The summed E-state index contributed by atoms with van der Waals surface area (Å²) in [5.41, 5.74) is 4.62. The molecular formula is C23H31ClN2O4S. The van der Waals surface area contributed by atoms with Crippen LogP contribution in [0.15, 0.2) is 30.3 Å². The highest BCUT2D eigenvalue weighted by molar-refractivity contribution is 7.92. The van der Waals surface area contributed by atoms with Gasteiger partial charge in [-0.3, -0.25) is 9.10 Å². The van der Waals surface area contributed by atoms with Gasteiger partial charge in [-0.15, -0.1) is 0 Å². The molecule has 0 saturated carbocycles. The van der Waals surface area contributed by atoms with Crippen LogP contribution in [0.2, 0.25) is 5.02 Å². The van der Waals surface area contributed by atoms with Crippen LogP contribution >= 0.6 is 11.6 Å². The molecule has 0 saturated heterocycles. The Hall–Kier alpha value is -2.25. The molecular weight excluding hydrogens is 436 g/mol. The Morgan fingerprint density at radius 2 is 1.74 bits per heavy atom. The summed E-state index contributed by atoms with van der Waals surface area (Å²) in [6, 6.07) is 7.58. The summed E-state index contributed by atoms with van der Waals surface area (Å²) in [6.45, 7) is 9.74. The van der Waals surface area contributed by atoms with Gasteiger partial charge < -0.3 is 10.1 Å². The molecule has 0 unspecified atom stereocenters. The number of benzene rings is 2. The molecule has 0 aromatic heterocycles. The summed E-state index contributed by atoms with van der Waals surface area (Å²) in [5, 5.41) is 3.34. The summed E-state index contributed by atoms with van der Waals surface area (Å²) in [7, 11) is -2.37. The summed E-state index contributed by atoms with van der Waals surface area (Å²) in [4.78, 5) is 13.3. The van der Waals surface area contributed by atoms with E-state index in [4.69, 9.17) is 16.3 Å². The van der Waals surface area contributed by atoms with Gasteiger partial charge in [0.15, 0.2) is 0 Å². The second-order valence-electron chi connectivity index (χ2n) is 7.82. The molecule has 0 radical (unpaired) electrons. The number of carbonyl (C=O) groups excluding carboxylic acids is 1. The zero-order chi connectivity index (χ0) is 23.5. The van der Waals surface area contributed by atoms with Crippen molar-refractivity contribution < 1.29 is 17.9 Å². The van der Waals surface area contributed by atoms with E-state index in [9.17, 15) is 13.2 Å². The lowest BCUT2D eigenvalue weighted by atomic mass is 9.96. The summed E-state index contributed by atoms with van der Waals surface area (Å²) in [6.07, 6.45) is 1.34. The molecule has 0 aliphatic heterocycles. The van der Waals surface area contributed by atoms with Crippen molar-refractivity contribution in [1.29, 1.82) is 0 Å². The van der Waals surface area contributed by atoms with Crippen LogP contribution in [-0.2, 0) is 14.8 Å². The van der Waals surface area contributed by atoms with Crippen molar-refractivity contribution in [2.75, 3.05) is 17.7 Å². The molecule has 0 heterocycles. The number of carbonyl (C=O) groups is 1. The lowest BCUT2D eigenvalue weighted by Crippen LogP contribution is -2.50. The fraction of sp³-hybridized carbons (Fsp3) is 0.435. The van der Waals surface area contributed by atoms with Gasteiger partial charge in [0.05, 0.1) is 25.1 Å². The minimum Gasteiger partial charge on any atom is -0.495 e. The van der Waals surface area contributed by atoms with Crippen LogP contribution in [0.3, 0.4) is 0 Å². The SMILES string of the molecule is CC[C@H](C(=O)N[C@@H](C)c1cc(C)c(C)cc1C)N(c1cc(Cl)ccc1OC)S(C)(=O)=O. The third-order valence-electron chi connectivity index (χ3n) is 5.42. The van der Waals surface area contributed by atoms with Crippen molar-refractivity contribution in [3.05, 3.63) is 57.6 Å². The number of ether oxygens (including phenoxy) is 1. The first-order valence-electron chi connectivity index (χ1n) is 10.1. The number of halogens is 1. The van der Waals surface area contributed by atoms with E-state index < -0.39 is 16.1 Å². The van der Waals surface area contributed by atoms with E-state index in [0.29, 0.717) is 10.8 Å². The number of nitrogens with zero attached hydrogens (tertiary/aromatic N) is 1. The number of rotatable bonds is 8. The highest BCUT2D eigenvalue weighted by Gasteiger charge is 2.34. The fourth-order valence-corrected chi connectivity index (χ4v) is 5.08. The quantitative estimate of drug-likeness (QED) is 0.612. The zero-order valence-electron chi connectivity index (χ0n) is 19.1. The number of anilines is 1. The maximum Gasteiger partial charge on any atom is 0.244 e. The maximum absolute atomic E-state index is 13.3. The van der Waals surface area contributed by atoms with Gasteiger partial charge in [0.25, 0.3) is 0 Å². The van der Waals surface area contributed by atoms with E-state index in [2.05, 4.69) is 17.4 Å². The van der Waals surface area contributed by atoms with Crippen molar-refractivity contribution in [2.24, 2.45) is 0 Å². The molecule has 2 atom stereocenters. The number of hydrogen-bond donors (Lipinski definition) is 1. The lowest BCUT2D eigenvalue weighted by Gasteiger charge is -2.32. The minimum absolute atomic E-state index is 0.231. The topological polar surface area (TPSA) is 75.7 Å². The number of aryl methyl sites for hydroxylation is 3. The van der Waals surface area contributed by atoms with Crippen LogP contribution in [0.5, 0.6) is 5.75 Å². The van der Waals surface area contributed by atoms with E-state index in [1.165, 1.54) is 18.7 Å². The van der Waals surface area contributed by atoms with Gasteiger partial charge in [-0.05, 0) is 74.6 Å². The number of amides is 1. The van der Waals surface area contributed by atoms with Crippen LogP contribution in [0.25, 0.3) is 0 Å². The number of methoxy groups -OCH3 is 1. The lowest BCUT2D eigenvalue weighted by molar-refractivity contribution is -0.122. The van der Waals surface area contributed by atoms with Crippen molar-refractivity contribution in [3.63, 3.8) is 0 Å². The van der Waals surface area contributed by atoms with Crippen LogP contribution in [0.1, 0.15) is 48.6 Å². The maximum atomic E-state index is 13.3. The number of hydrogen-bond acceptors (Lipinski definition) is 4. The van der Waals surface area contributed by atoms with Gasteiger partial charge in [0.2, 0.25) is 15.9 Å². The number of nitrogens with one attached hydrogen (secondary N) is 1. The first kappa shape index (κ1) is 25.0. The first-order chi connectivity index (χ1) is 14.4. The van der Waals surface area contributed by atoms with Crippen molar-refractivity contribution in [1.82, 2.24) is 5.32 Å². The molecule has 0 bridgehead atoms. The molecule has 2 aromatic rings. The molecule has 8 heteroatoms. The Bertz CT molecular complexity index is 1070. The molecule has 0 fully saturated rings. The Balaban J connectivity index is 2.44. The third kappa shape index (κ3) is 5.71. The third-order valence-corrected chi connectivity index (χ3v) is 6.82. The monoisotopic (exact) mass is 466 g/mol. The van der Waals surface area contributed by atoms with Gasteiger partial charge in [-0.1, -0.05) is 30.7 Å². The Morgan fingerprint density at radius 3 is 2.29 bits per heavy atom. The highest BCUT2D eigenvalue weighted by atomic mass is 35.5. The Kier molecular flexibility index (Phi) is 8.00. The van der Waals surface area contributed by atoms with Crippen LogP contribution < -0.4 is 14.4 Å². The van der Waals surface area contributed by atoms with E-state index in [1.807, 2.05) is 27.7 Å². The minimum atomic E-state index is -3.81. The van der Waals surface area contributed by atoms with Crippen LogP contribution in [-0.4, -0.2) is 33.7 Å². The molecule has 0 aliphatic carbocycles. The highest BCUT2D eigenvalue weighted by Crippen LogP contribution is 2.35. The predicted octanol–water partition coefficient (Wildman–Crippen LogP) is 4.70. The molecule has 6 nitrogen and oxygen atoms in total. The van der Waals surface area contributed by atoms with E-state index in [1.54, 1.807) is 19.1 Å². The molecule has 2 rings (SSSR count). The van der Waals surface area contributed by atoms with Crippen molar-refractivity contribution in [3.8, 4) is 5.75 Å². The Labute approximate surface area is 190 Å². The summed E-state index contributed by atoms with van der Waals surface area (Å²) < 4.78 is 31.9. The first-order valence-corrected chi connectivity index (χ1v) is 12.3. The molecule has 1 N–H and O–H groups in total. The molecule has 170 valence electrons. The summed E-state index contributed by atoms with van der Waals surface area (Å²) >= 11 is 6.13. The molecule has 0 aliphatic rings. The van der Waals surface area contributed by atoms with E-state index >= 15 is 0 Å². The van der Waals surface area contributed by atoms with Gasteiger partial charge >= 0.3 is 0 Å². The molecule has 1 amide bonds. The second-order valence-corrected chi connectivity index (χ2v) is 10.1. The van der Waals surface area contributed by atoms with Gasteiger partial charge in [0, 0.05) is 5.02 Å². The molecule has 0 spiro atoms. The zero-order valence-corrected chi connectivity index (χ0v) is 20.7. The molecule has 2 aromatic carbocycles. The van der Waals surface area contributed by atoms with Crippen LogP contribution in [0.4, 0.5) is 5.69 Å². The second kappa shape index (κ2) is 9.92. The van der Waals surface area contributed by atoms with Gasteiger partial charge in [-0.25, -0.2) is 8.42 Å². The van der Waals surface area contributed by atoms with Crippen LogP contribution in [0, 0.1) is 20.8 Å².